The average molecular weight is 531 g/mol. The fraction of sp³-hybridized carbons (Fsp3) is 0. The summed E-state index contributed by atoms with van der Waals surface area (Å²) < 4.78 is 6.95. The fourth-order valence-electron chi connectivity index (χ4n) is 6.30. The third-order valence-corrected chi connectivity index (χ3v) is 8.76. The number of thiazole rings is 1. The Morgan fingerprint density at radius 1 is 0.500 bits per heavy atom. The topological polar surface area (TPSA) is 27.2 Å². The van der Waals surface area contributed by atoms with Gasteiger partial charge in [-0.2, -0.15) is 0 Å². The van der Waals surface area contributed by atoms with Crippen LogP contribution in [-0.4, -0.2) is 18.5 Å². The van der Waals surface area contributed by atoms with Gasteiger partial charge in [0.2, 0.25) is 0 Å². The molecule has 40 heavy (non-hydrogen) atoms. The highest BCUT2D eigenvalue weighted by Crippen LogP contribution is 2.38. The lowest BCUT2D eigenvalue weighted by Gasteiger charge is -2.11. The summed E-state index contributed by atoms with van der Waals surface area (Å²) >= 11 is 1.66. The van der Waals surface area contributed by atoms with Crippen LogP contribution in [0, 0.1) is 0 Å². The van der Waals surface area contributed by atoms with Crippen LogP contribution < -0.4 is 0 Å². The van der Waals surface area contributed by atoms with Crippen LogP contribution in [0.3, 0.4) is 0 Å². The number of para-hydroxylation sites is 4. The summed E-state index contributed by atoms with van der Waals surface area (Å²) in [4.78, 5) is 6.14. The van der Waals surface area contributed by atoms with Crippen molar-refractivity contribution >= 4 is 59.9 Å². The van der Waals surface area contributed by atoms with Gasteiger partial charge < -0.3 is 4.57 Å². The number of imidazole rings is 1. The molecule has 0 unspecified atom stereocenters. The monoisotopic (exact) mass is 530 g/mol. The van der Waals surface area contributed by atoms with Gasteiger partial charge in [0.15, 0.2) is 10.8 Å². The molecule has 0 atom stereocenters. The van der Waals surface area contributed by atoms with E-state index in [0.717, 1.165) is 27.7 Å². The van der Waals surface area contributed by atoms with Crippen molar-refractivity contribution in [2.24, 2.45) is 0 Å². The summed E-state index contributed by atoms with van der Waals surface area (Å²) in [6.45, 7) is 0. The van der Waals surface area contributed by atoms with E-state index >= 15 is 0 Å². The first-order chi connectivity index (χ1) is 19.9. The molecule has 0 saturated heterocycles. The van der Waals surface area contributed by atoms with Gasteiger partial charge in [0.25, 0.3) is 0 Å². The maximum Gasteiger partial charge on any atom is 0.195 e. The molecule has 188 valence electrons. The van der Waals surface area contributed by atoms with Crippen molar-refractivity contribution in [3.63, 3.8) is 0 Å². The first-order valence-corrected chi connectivity index (χ1v) is 14.3. The Bertz CT molecular complexity index is 2270. The highest BCUT2D eigenvalue weighted by Gasteiger charge is 2.21. The van der Waals surface area contributed by atoms with Crippen molar-refractivity contribution < 1.29 is 0 Å². The molecule has 0 radical (unpaired) electrons. The largest absolute Gasteiger partial charge is 0.309 e. The van der Waals surface area contributed by atoms with Crippen molar-refractivity contribution in [1.82, 2.24) is 18.5 Å². The average Bonchev–Trinajstić information content (AvgIpc) is 3.77. The number of fused-ring (bicyclic) bond motifs is 7. The van der Waals surface area contributed by atoms with E-state index in [1.807, 2.05) is 0 Å². The minimum atomic E-state index is 0.979. The molecule has 4 heterocycles. The fourth-order valence-corrected chi connectivity index (χ4v) is 7.01. The van der Waals surface area contributed by atoms with Crippen molar-refractivity contribution in [2.45, 2.75) is 0 Å². The standard InChI is InChI=1S/C35H22N4S/c1-5-13-29-25(9-1)26-10-2-6-14-30(26)38(29)24-19-17-23(18-20-24)33-34(37-21-22-40-35(37)36-33)39-31-15-7-3-11-27(31)28-12-4-8-16-32(28)39/h1-22H. The van der Waals surface area contributed by atoms with Gasteiger partial charge in [-0.25, -0.2) is 4.98 Å². The maximum absolute atomic E-state index is 5.16. The van der Waals surface area contributed by atoms with Crippen LogP contribution in [0.5, 0.6) is 0 Å². The molecule has 0 aliphatic rings. The molecule has 0 saturated carbocycles. The van der Waals surface area contributed by atoms with E-state index in [2.05, 4.69) is 146 Å². The highest BCUT2D eigenvalue weighted by atomic mass is 32.1. The summed E-state index contributed by atoms with van der Waals surface area (Å²) in [6, 6.07) is 43.4. The van der Waals surface area contributed by atoms with E-state index in [1.54, 1.807) is 11.3 Å². The highest BCUT2D eigenvalue weighted by molar-refractivity contribution is 7.15. The van der Waals surface area contributed by atoms with Crippen LogP contribution in [0.2, 0.25) is 0 Å². The van der Waals surface area contributed by atoms with Gasteiger partial charge in [-0.1, -0.05) is 84.9 Å². The second-order valence-corrected chi connectivity index (χ2v) is 11.0. The van der Waals surface area contributed by atoms with E-state index in [4.69, 9.17) is 4.98 Å². The number of hydrogen-bond donors (Lipinski definition) is 0. The summed E-state index contributed by atoms with van der Waals surface area (Å²) in [6.07, 6.45) is 2.13. The third-order valence-electron chi connectivity index (χ3n) is 8.01. The molecule has 0 aliphatic carbocycles. The molecule has 5 heteroatoms. The Morgan fingerprint density at radius 2 is 0.975 bits per heavy atom. The quantitative estimate of drug-likeness (QED) is 0.224. The van der Waals surface area contributed by atoms with Crippen LogP contribution in [0.1, 0.15) is 0 Å². The molecule has 0 aliphatic heterocycles. The summed E-state index contributed by atoms with van der Waals surface area (Å²) in [5.74, 6) is 1.07. The smallest absolute Gasteiger partial charge is 0.195 e. The van der Waals surface area contributed by atoms with Gasteiger partial charge in [-0.15, -0.1) is 11.3 Å². The molecule has 0 fully saturated rings. The molecule has 0 amide bonds. The zero-order valence-corrected chi connectivity index (χ0v) is 22.2. The molecule has 5 aromatic carbocycles. The van der Waals surface area contributed by atoms with Crippen molar-refractivity contribution in [3.8, 4) is 22.8 Å². The predicted molar refractivity (Wildman–Crippen MR) is 167 cm³/mol. The lowest BCUT2D eigenvalue weighted by atomic mass is 10.1. The summed E-state index contributed by atoms with van der Waals surface area (Å²) in [7, 11) is 0. The molecule has 4 aromatic heterocycles. The summed E-state index contributed by atoms with van der Waals surface area (Å²) in [5, 5.41) is 7.14. The molecular weight excluding hydrogens is 508 g/mol. The number of hydrogen-bond acceptors (Lipinski definition) is 2. The van der Waals surface area contributed by atoms with Crippen LogP contribution >= 0.6 is 11.3 Å². The zero-order valence-electron chi connectivity index (χ0n) is 21.4. The molecule has 0 N–H and O–H groups in total. The minimum absolute atomic E-state index is 0.979. The van der Waals surface area contributed by atoms with E-state index < -0.39 is 0 Å². The minimum Gasteiger partial charge on any atom is -0.309 e. The number of benzene rings is 5. The molecule has 9 aromatic rings. The van der Waals surface area contributed by atoms with Gasteiger partial charge in [0.05, 0.1) is 22.1 Å². The Hall–Kier alpha value is -5.13. The van der Waals surface area contributed by atoms with Gasteiger partial charge in [-0.05, 0) is 36.4 Å². The van der Waals surface area contributed by atoms with Gasteiger partial charge in [-0.3, -0.25) is 8.97 Å². The molecule has 4 nitrogen and oxygen atoms in total. The lowest BCUT2D eigenvalue weighted by molar-refractivity contribution is 1.05. The van der Waals surface area contributed by atoms with Crippen LogP contribution in [0.15, 0.2) is 133 Å². The third kappa shape index (κ3) is 2.92. The first-order valence-electron chi connectivity index (χ1n) is 13.4. The van der Waals surface area contributed by atoms with Gasteiger partial charge in [0.1, 0.15) is 5.69 Å². The van der Waals surface area contributed by atoms with Crippen molar-refractivity contribution in [2.75, 3.05) is 0 Å². The van der Waals surface area contributed by atoms with Crippen LogP contribution in [0.25, 0.3) is 71.3 Å². The Labute approximate surface area is 233 Å². The Kier molecular flexibility index (Phi) is 4.45. The van der Waals surface area contributed by atoms with Gasteiger partial charge in [0, 0.05) is 44.4 Å². The van der Waals surface area contributed by atoms with E-state index in [-0.39, 0.29) is 0 Å². The van der Waals surface area contributed by atoms with E-state index in [9.17, 15) is 0 Å². The zero-order chi connectivity index (χ0) is 26.2. The predicted octanol–water partition coefficient (Wildman–Crippen LogP) is 9.26. The first kappa shape index (κ1) is 21.8. The number of rotatable bonds is 3. The SMILES string of the molecule is c1ccc2c(c1)c1ccccc1n2-c1ccc(-c2nc3sccn3c2-n2c3ccccc3c3ccccc32)cc1. The molecular formula is C35H22N4S. The number of aromatic nitrogens is 4. The van der Waals surface area contributed by atoms with Crippen molar-refractivity contribution in [3.05, 3.63) is 133 Å². The second-order valence-electron chi connectivity index (χ2n) is 10.1. The second kappa shape index (κ2) is 8.18. The van der Waals surface area contributed by atoms with Crippen LogP contribution in [-0.2, 0) is 0 Å². The lowest BCUT2D eigenvalue weighted by Crippen LogP contribution is -2.00. The van der Waals surface area contributed by atoms with Crippen LogP contribution in [0.4, 0.5) is 0 Å². The normalized spacial score (nSPS) is 12.0. The molecule has 9 rings (SSSR count). The van der Waals surface area contributed by atoms with E-state index in [1.165, 1.54) is 43.6 Å². The summed E-state index contributed by atoms with van der Waals surface area (Å²) in [5.41, 5.74) is 8.00. The Morgan fingerprint density at radius 3 is 1.50 bits per heavy atom. The van der Waals surface area contributed by atoms with Crippen molar-refractivity contribution in [1.29, 1.82) is 0 Å². The number of nitrogens with zero attached hydrogens (tertiary/aromatic N) is 4. The molecule has 0 bridgehead atoms. The Balaban J connectivity index is 1.28. The van der Waals surface area contributed by atoms with E-state index in [0.29, 0.717) is 0 Å². The molecule has 0 spiro atoms. The van der Waals surface area contributed by atoms with Gasteiger partial charge >= 0.3 is 0 Å². The maximum atomic E-state index is 5.16.